The van der Waals surface area contributed by atoms with Crippen molar-refractivity contribution >= 4 is 27.5 Å². The second-order valence-electron chi connectivity index (χ2n) is 5.79. The highest BCUT2D eigenvalue weighted by Gasteiger charge is 2.13. The second kappa shape index (κ2) is 7.53. The van der Waals surface area contributed by atoms with Crippen LogP contribution in [0.2, 0.25) is 0 Å². The van der Waals surface area contributed by atoms with Crippen LogP contribution in [0.15, 0.2) is 42.5 Å². The molecular formula is C19H20N2O3S. The van der Waals surface area contributed by atoms with Crippen molar-refractivity contribution in [3.8, 4) is 11.5 Å². The lowest BCUT2D eigenvalue weighted by atomic mass is 10.2. The normalized spacial score (nSPS) is 10.9. The van der Waals surface area contributed by atoms with Crippen LogP contribution in [-0.2, 0) is 6.54 Å². The number of benzene rings is 2. The number of para-hydroxylation sites is 1. The van der Waals surface area contributed by atoms with Crippen LogP contribution >= 0.6 is 11.3 Å². The molecule has 1 amide bonds. The highest BCUT2D eigenvalue weighted by atomic mass is 32.1. The van der Waals surface area contributed by atoms with E-state index in [0.717, 1.165) is 15.2 Å². The Morgan fingerprint density at radius 1 is 1.20 bits per heavy atom. The van der Waals surface area contributed by atoms with Crippen molar-refractivity contribution < 1.29 is 14.3 Å². The van der Waals surface area contributed by atoms with E-state index in [1.54, 1.807) is 36.6 Å². The molecule has 0 spiro atoms. The molecule has 0 aliphatic heterocycles. The van der Waals surface area contributed by atoms with Crippen LogP contribution in [0.1, 0.15) is 29.2 Å². The van der Waals surface area contributed by atoms with Crippen LogP contribution in [-0.4, -0.2) is 24.1 Å². The maximum Gasteiger partial charge on any atom is 0.251 e. The molecule has 1 heterocycles. The van der Waals surface area contributed by atoms with Crippen molar-refractivity contribution in [3.63, 3.8) is 0 Å². The third-order valence-electron chi connectivity index (χ3n) is 3.53. The number of carbonyl (C=O) groups excluding carboxylic acids is 1. The molecule has 0 aliphatic rings. The lowest BCUT2D eigenvalue weighted by Crippen LogP contribution is -2.22. The molecule has 25 heavy (non-hydrogen) atoms. The molecule has 0 saturated carbocycles. The van der Waals surface area contributed by atoms with Gasteiger partial charge in [-0.05, 0) is 44.2 Å². The zero-order chi connectivity index (χ0) is 17.8. The lowest BCUT2D eigenvalue weighted by Gasteiger charge is -2.14. The minimum Gasteiger partial charge on any atom is -0.493 e. The number of nitrogens with zero attached hydrogens (tertiary/aromatic N) is 1. The first-order valence-corrected chi connectivity index (χ1v) is 8.86. The van der Waals surface area contributed by atoms with Gasteiger partial charge in [-0.3, -0.25) is 4.79 Å². The molecule has 0 unspecified atom stereocenters. The summed E-state index contributed by atoms with van der Waals surface area (Å²) < 4.78 is 12.1. The molecular weight excluding hydrogens is 336 g/mol. The number of fused-ring (bicyclic) bond motifs is 1. The first-order valence-electron chi connectivity index (χ1n) is 8.04. The monoisotopic (exact) mass is 356 g/mol. The molecule has 2 aromatic carbocycles. The summed E-state index contributed by atoms with van der Waals surface area (Å²) in [6, 6.07) is 13.1. The average Bonchev–Trinajstić information content (AvgIpc) is 3.02. The minimum atomic E-state index is -0.173. The van der Waals surface area contributed by atoms with Crippen LogP contribution in [0.5, 0.6) is 11.5 Å². The minimum absolute atomic E-state index is 0.0348. The van der Waals surface area contributed by atoms with Gasteiger partial charge in [0.25, 0.3) is 5.91 Å². The largest absolute Gasteiger partial charge is 0.493 e. The summed E-state index contributed by atoms with van der Waals surface area (Å²) in [6.45, 7) is 4.28. The van der Waals surface area contributed by atoms with Crippen molar-refractivity contribution in [1.82, 2.24) is 10.3 Å². The molecule has 0 aliphatic carbocycles. The predicted octanol–water partition coefficient (Wildman–Crippen LogP) is 4.02. The maximum absolute atomic E-state index is 12.4. The second-order valence-corrected chi connectivity index (χ2v) is 6.91. The van der Waals surface area contributed by atoms with E-state index >= 15 is 0 Å². The fraction of sp³-hybridized carbons (Fsp3) is 0.263. The predicted molar refractivity (Wildman–Crippen MR) is 99.5 cm³/mol. The zero-order valence-corrected chi connectivity index (χ0v) is 15.2. The van der Waals surface area contributed by atoms with Crippen LogP contribution in [0.3, 0.4) is 0 Å². The van der Waals surface area contributed by atoms with Crippen molar-refractivity contribution in [2.75, 3.05) is 7.11 Å². The van der Waals surface area contributed by atoms with E-state index in [-0.39, 0.29) is 12.0 Å². The molecule has 3 aromatic rings. The van der Waals surface area contributed by atoms with E-state index in [4.69, 9.17) is 9.47 Å². The van der Waals surface area contributed by atoms with Gasteiger partial charge in [-0.1, -0.05) is 12.1 Å². The Hall–Kier alpha value is -2.60. The van der Waals surface area contributed by atoms with Gasteiger partial charge in [0.1, 0.15) is 5.01 Å². The van der Waals surface area contributed by atoms with Gasteiger partial charge in [0.2, 0.25) is 0 Å². The summed E-state index contributed by atoms with van der Waals surface area (Å²) >= 11 is 1.58. The van der Waals surface area contributed by atoms with Gasteiger partial charge in [0, 0.05) is 5.56 Å². The first kappa shape index (κ1) is 17.2. The molecule has 1 aromatic heterocycles. The lowest BCUT2D eigenvalue weighted by molar-refractivity contribution is 0.0950. The van der Waals surface area contributed by atoms with Gasteiger partial charge in [-0.15, -0.1) is 11.3 Å². The van der Waals surface area contributed by atoms with Crippen LogP contribution in [0.25, 0.3) is 10.2 Å². The first-order chi connectivity index (χ1) is 12.1. The number of rotatable bonds is 6. The topological polar surface area (TPSA) is 60.5 Å². The summed E-state index contributed by atoms with van der Waals surface area (Å²) in [5, 5.41) is 3.78. The fourth-order valence-electron chi connectivity index (χ4n) is 2.41. The zero-order valence-electron chi connectivity index (χ0n) is 14.4. The molecule has 130 valence electrons. The van der Waals surface area contributed by atoms with Gasteiger partial charge < -0.3 is 14.8 Å². The number of hydrogen-bond donors (Lipinski definition) is 1. The molecule has 0 bridgehead atoms. The SMILES string of the molecule is COc1cc(C(=O)NCc2nc3ccccc3s2)ccc1OC(C)C. The van der Waals surface area contributed by atoms with E-state index in [0.29, 0.717) is 23.6 Å². The van der Waals surface area contributed by atoms with E-state index in [9.17, 15) is 4.79 Å². The summed E-state index contributed by atoms with van der Waals surface area (Å²) in [6.07, 6.45) is 0.0348. The van der Waals surface area contributed by atoms with Crippen molar-refractivity contribution in [1.29, 1.82) is 0 Å². The molecule has 0 radical (unpaired) electrons. The third kappa shape index (κ3) is 4.09. The third-order valence-corrected chi connectivity index (χ3v) is 4.56. The van der Waals surface area contributed by atoms with Gasteiger partial charge in [-0.25, -0.2) is 4.98 Å². The molecule has 0 fully saturated rings. The average molecular weight is 356 g/mol. The molecule has 0 saturated heterocycles. The van der Waals surface area contributed by atoms with Gasteiger partial charge >= 0.3 is 0 Å². The Morgan fingerprint density at radius 3 is 2.72 bits per heavy atom. The van der Waals surface area contributed by atoms with Crippen molar-refractivity contribution in [2.24, 2.45) is 0 Å². The highest BCUT2D eigenvalue weighted by Crippen LogP contribution is 2.29. The number of aromatic nitrogens is 1. The van der Waals surface area contributed by atoms with Gasteiger partial charge in [0.15, 0.2) is 11.5 Å². The quantitative estimate of drug-likeness (QED) is 0.725. The van der Waals surface area contributed by atoms with Gasteiger partial charge in [-0.2, -0.15) is 0 Å². The Kier molecular flexibility index (Phi) is 5.19. The number of amides is 1. The number of methoxy groups -OCH3 is 1. The Labute approximate surface area is 150 Å². The van der Waals surface area contributed by atoms with Gasteiger partial charge in [0.05, 0.1) is 30.0 Å². The van der Waals surface area contributed by atoms with Crippen molar-refractivity contribution in [2.45, 2.75) is 26.5 Å². The van der Waals surface area contributed by atoms with Crippen LogP contribution < -0.4 is 14.8 Å². The van der Waals surface area contributed by atoms with E-state index in [1.165, 1.54) is 0 Å². The van der Waals surface area contributed by atoms with E-state index in [2.05, 4.69) is 10.3 Å². The number of carbonyl (C=O) groups is 1. The Morgan fingerprint density at radius 2 is 2.00 bits per heavy atom. The summed E-state index contributed by atoms with van der Waals surface area (Å²) in [5.41, 5.74) is 1.47. The molecule has 1 N–H and O–H groups in total. The number of ether oxygens (including phenoxy) is 2. The Balaban J connectivity index is 1.70. The number of hydrogen-bond acceptors (Lipinski definition) is 5. The van der Waals surface area contributed by atoms with Crippen LogP contribution in [0, 0.1) is 0 Å². The summed E-state index contributed by atoms with van der Waals surface area (Å²) in [4.78, 5) is 16.9. The molecule has 3 rings (SSSR count). The fourth-order valence-corrected chi connectivity index (χ4v) is 3.32. The smallest absolute Gasteiger partial charge is 0.251 e. The molecule has 6 heteroatoms. The van der Waals surface area contributed by atoms with E-state index < -0.39 is 0 Å². The van der Waals surface area contributed by atoms with Crippen molar-refractivity contribution in [3.05, 3.63) is 53.0 Å². The summed E-state index contributed by atoms with van der Waals surface area (Å²) in [7, 11) is 1.56. The number of nitrogens with one attached hydrogen (secondary N) is 1. The standard InChI is InChI=1S/C19H20N2O3S/c1-12(2)24-15-9-8-13(10-16(15)23-3)19(22)20-11-18-21-14-6-4-5-7-17(14)25-18/h4-10,12H,11H2,1-3H3,(H,20,22). The summed E-state index contributed by atoms with van der Waals surface area (Å²) in [5.74, 6) is 0.996. The number of thiazole rings is 1. The van der Waals surface area contributed by atoms with E-state index in [1.807, 2.05) is 38.1 Å². The molecule has 5 nitrogen and oxygen atoms in total. The van der Waals surface area contributed by atoms with Crippen LogP contribution in [0.4, 0.5) is 0 Å². The highest BCUT2D eigenvalue weighted by molar-refractivity contribution is 7.18. The molecule has 0 atom stereocenters. The maximum atomic E-state index is 12.4. The Bertz CT molecular complexity index is 856.